The second kappa shape index (κ2) is 7.35. The third kappa shape index (κ3) is 4.07. The van der Waals surface area contributed by atoms with Crippen molar-refractivity contribution >= 4 is 16.0 Å². The maximum atomic E-state index is 12.7. The predicted octanol–water partition coefficient (Wildman–Crippen LogP) is -0.860. The van der Waals surface area contributed by atoms with Gasteiger partial charge >= 0.3 is 0 Å². The van der Waals surface area contributed by atoms with Crippen LogP contribution in [0.2, 0.25) is 0 Å². The van der Waals surface area contributed by atoms with Crippen LogP contribution in [-0.2, 0) is 16.6 Å². The average Bonchev–Trinajstić information content (AvgIpc) is 2.63. The van der Waals surface area contributed by atoms with Gasteiger partial charge in [-0.1, -0.05) is 42.5 Å². The molecule has 0 spiro atoms. The summed E-state index contributed by atoms with van der Waals surface area (Å²) in [5, 5.41) is 10.8. The van der Waals surface area contributed by atoms with Crippen molar-refractivity contribution in [2.24, 2.45) is 0 Å². The lowest BCUT2D eigenvalue weighted by Crippen LogP contribution is -3.13. The average molecular weight is 360 g/mol. The topological polar surface area (TPSA) is 81.9 Å². The first-order chi connectivity index (χ1) is 12.0. The molecule has 2 aromatic rings. The number of nitrogens with one attached hydrogen (secondary N) is 1. The van der Waals surface area contributed by atoms with Crippen molar-refractivity contribution < 1.29 is 23.2 Å². The molecule has 0 unspecified atom stereocenters. The second-order valence-electron chi connectivity index (χ2n) is 6.13. The first kappa shape index (κ1) is 17.6. The van der Waals surface area contributed by atoms with Crippen molar-refractivity contribution in [2.45, 2.75) is 11.4 Å². The summed E-state index contributed by atoms with van der Waals surface area (Å²) >= 11 is 0. The first-order valence-electron chi connectivity index (χ1n) is 8.16. The number of carbonyl (C=O) groups is 1. The van der Waals surface area contributed by atoms with Gasteiger partial charge in [-0.3, -0.25) is 0 Å². The van der Waals surface area contributed by atoms with Gasteiger partial charge in [0, 0.05) is 5.56 Å². The number of nitrogens with zero attached hydrogens (tertiary/aromatic N) is 1. The van der Waals surface area contributed by atoms with Crippen molar-refractivity contribution in [1.82, 2.24) is 4.31 Å². The Morgan fingerprint density at radius 1 is 1.00 bits per heavy atom. The zero-order chi connectivity index (χ0) is 17.9. The summed E-state index contributed by atoms with van der Waals surface area (Å²) in [5.74, 6) is -1.32. The van der Waals surface area contributed by atoms with Crippen molar-refractivity contribution in [2.75, 3.05) is 26.2 Å². The standard InChI is InChI=1S/C18H20N2O4S/c21-18(22)16-6-8-17(9-7-16)25(23,24)20-12-10-19(11-13-20)14-15-4-2-1-3-5-15/h1-9H,10-14H2,(H,21,22). The molecule has 0 atom stereocenters. The molecule has 3 rings (SSSR count). The van der Waals surface area contributed by atoms with Crippen LogP contribution in [0.5, 0.6) is 0 Å². The van der Waals surface area contributed by atoms with Gasteiger partial charge in [-0.25, -0.2) is 8.42 Å². The van der Waals surface area contributed by atoms with Crippen molar-refractivity contribution in [3.63, 3.8) is 0 Å². The van der Waals surface area contributed by atoms with Crippen LogP contribution in [0, 0.1) is 0 Å². The first-order valence-corrected chi connectivity index (χ1v) is 9.60. The van der Waals surface area contributed by atoms with E-state index >= 15 is 0 Å². The molecule has 6 nitrogen and oxygen atoms in total. The van der Waals surface area contributed by atoms with Crippen LogP contribution in [0.1, 0.15) is 15.9 Å². The van der Waals surface area contributed by atoms with E-state index in [-0.39, 0.29) is 10.5 Å². The van der Waals surface area contributed by atoms with Crippen molar-refractivity contribution in [3.05, 3.63) is 65.7 Å². The highest BCUT2D eigenvalue weighted by molar-refractivity contribution is 7.89. The molecule has 0 amide bonds. The van der Waals surface area contributed by atoms with Gasteiger partial charge in [0.1, 0.15) is 6.54 Å². The fraction of sp³-hybridized carbons (Fsp3) is 0.278. The quantitative estimate of drug-likeness (QED) is 0.752. The third-order valence-electron chi connectivity index (χ3n) is 4.45. The Bertz CT molecular complexity index is 827. The maximum absolute atomic E-state index is 12.7. The molecule has 132 valence electrons. The smallest absolute Gasteiger partial charge is 0.243 e. The molecule has 1 heterocycles. The Hall–Kier alpha value is -2.22. The SMILES string of the molecule is O=C([O-])c1ccc(S(=O)(=O)N2CC[NH+](Cc3ccccc3)CC2)cc1. The van der Waals surface area contributed by atoms with E-state index in [1.54, 1.807) is 0 Å². The van der Waals surface area contributed by atoms with Crippen molar-refractivity contribution in [1.29, 1.82) is 0 Å². The molecular formula is C18H20N2O4S. The number of piperazine rings is 1. The predicted molar refractivity (Wildman–Crippen MR) is 90.4 cm³/mol. The summed E-state index contributed by atoms with van der Waals surface area (Å²) in [6.45, 7) is 3.27. The molecule has 1 N–H and O–H groups in total. The number of hydrogen-bond acceptors (Lipinski definition) is 4. The molecule has 0 saturated carbocycles. The van der Waals surface area contributed by atoms with Gasteiger partial charge < -0.3 is 14.8 Å². The summed E-state index contributed by atoms with van der Waals surface area (Å²) in [6.07, 6.45) is 0. The van der Waals surface area contributed by atoms with E-state index in [9.17, 15) is 18.3 Å². The molecule has 0 aromatic heterocycles. The molecule has 25 heavy (non-hydrogen) atoms. The van der Waals surface area contributed by atoms with E-state index in [2.05, 4.69) is 12.1 Å². The van der Waals surface area contributed by atoms with Gasteiger partial charge in [0.25, 0.3) is 0 Å². The summed E-state index contributed by atoms with van der Waals surface area (Å²) in [7, 11) is -3.59. The minimum atomic E-state index is -3.59. The van der Waals surface area contributed by atoms with Crippen LogP contribution in [-0.4, -0.2) is 44.9 Å². The summed E-state index contributed by atoms with van der Waals surface area (Å²) in [5.41, 5.74) is 1.21. The van der Waals surface area contributed by atoms with Crippen LogP contribution in [0.25, 0.3) is 0 Å². The van der Waals surface area contributed by atoms with E-state index in [4.69, 9.17) is 0 Å². The van der Waals surface area contributed by atoms with Gasteiger partial charge in [-0.2, -0.15) is 4.31 Å². The Labute approximate surface area is 147 Å². The summed E-state index contributed by atoms with van der Waals surface area (Å²) < 4.78 is 26.8. The lowest BCUT2D eigenvalue weighted by atomic mass is 10.2. The molecule has 2 aromatic carbocycles. The van der Waals surface area contributed by atoms with Gasteiger partial charge in [0.05, 0.1) is 37.0 Å². The van der Waals surface area contributed by atoms with E-state index in [0.29, 0.717) is 13.1 Å². The van der Waals surface area contributed by atoms with Crippen LogP contribution in [0.15, 0.2) is 59.5 Å². The number of sulfonamides is 1. The monoisotopic (exact) mass is 360 g/mol. The summed E-state index contributed by atoms with van der Waals surface area (Å²) in [6, 6.07) is 15.3. The van der Waals surface area contributed by atoms with Crippen LogP contribution >= 0.6 is 0 Å². The number of carbonyl (C=O) groups excluding carboxylic acids is 1. The Kier molecular flexibility index (Phi) is 5.17. The highest BCUT2D eigenvalue weighted by Gasteiger charge is 2.30. The zero-order valence-corrected chi connectivity index (χ0v) is 14.5. The van der Waals surface area contributed by atoms with Crippen LogP contribution in [0.3, 0.4) is 0 Å². The Morgan fingerprint density at radius 2 is 1.60 bits per heavy atom. The molecule has 7 heteroatoms. The fourth-order valence-electron chi connectivity index (χ4n) is 3.02. The van der Waals surface area contributed by atoms with Gasteiger partial charge in [-0.05, 0) is 17.7 Å². The van der Waals surface area contributed by atoms with Crippen LogP contribution in [0.4, 0.5) is 0 Å². The normalized spacial score (nSPS) is 16.6. The number of benzene rings is 2. The van der Waals surface area contributed by atoms with E-state index in [0.717, 1.165) is 19.6 Å². The zero-order valence-electron chi connectivity index (χ0n) is 13.7. The van der Waals surface area contributed by atoms with Crippen molar-refractivity contribution in [3.8, 4) is 0 Å². The lowest BCUT2D eigenvalue weighted by Gasteiger charge is -2.31. The highest BCUT2D eigenvalue weighted by atomic mass is 32.2. The van der Waals surface area contributed by atoms with Crippen LogP contribution < -0.4 is 10.0 Å². The number of carboxylic acid groups (broad SMARTS) is 1. The van der Waals surface area contributed by atoms with Gasteiger partial charge in [0.2, 0.25) is 10.0 Å². The highest BCUT2D eigenvalue weighted by Crippen LogP contribution is 2.16. The number of rotatable bonds is 5. The maximum Gasteiger partial charge on any atom is 0.243 e. The molecular weight excluding hydrogens is 340 g/mol. The Morgan fingerprint density at radius 3 is 2.16 bits per heavy atom. The minimum Gasteiger partial charge on any atom is -0.545 e. The molecule has 1 aliphatic rings. The van der Waals surface area contributed by atoms with Gasteiger partial charge in [0.15, 0.2) is 0 Å². The van der Waals surface area contributed by atoms with E-state index in [1.165, 1.54) is 39.0 Å². The molecule has 1 aliphatic heterocycles. The van der Waals surface area contributed by atoms with Gasteiger partial charge in [-0.15, -0.1) is 0 Å². The van der Waals surface area contributed by atoms with E-state index < -0.39 is 16.0 Å². The fourth-order valence-corrected chi connectivity index (χ4v) is 4.46. The molecule has 1 fully saturated rings. The molecule has 0 aliphatic carbocycles. The minimum absolute atomic E-state index is 0.0314. The largest absolute Gasteiger partial charge is 0.545 e. The second-order valence-corrected chi connectivity index (χ2v) is 8.07. The number of hydrogen-bond donors (Lipinski definition) is 1. The molecule has 0 radical (unpaired) electrons. The Balaban J connectivity index is 1.64. The number of carboxylic acids is 1. The molecule has 0 bridgehead atoms. The third-order valence-corrected chi connectivity index (χ3v) is 6.37. The molecule has 1 saturated heterocycles. The number of quaternary nitrogens is 1. The number of aromatic carboxylic acids is 1. The van der Waals surface area contributed by atoms with E-state index in [1.807, 2.05) is 18.2 Å². The lowest BCUT2D eigenvalue weighted by molar-refractivity contribution is -0.917. The summed E-state index contributed by atoms with van der Waals surface area (Å²) in [4.78, 5) is 12.2.